The van der Waals surface area contributed by atoms with E-state index in [0.717, 1.165) is 12.8 Å². The second kappa shape index (κ2) is 11.7. The summed E-state index contributed by atoms with van der Waals surface area (Å²) in [5.41, 5.74) is 5.42. The first-order valence-corrected chi connectivity index (χ1v) is 5.10. The Morgan fingerprint density at radius 1 is 0.765 bits per heavy atom. The molecule has 0 heterocycles. The van der Waals surface area contributed by atoms with E-state index in [0.29, 0.717) is 0 Å². The van der Waals surface area contributed by atoms with Gasteiger partial charge < -0.3 is 34.0 Å². The van der Waals surface area contributed by atoms with Crippen LogP contribution in [-0.2, 0) is 21.7 Å². The van der Waals surface area contributed by atoms with Crippen LogP contribution in [0.4, 0.5) is 0 Å². The quantitative estimate of drug-likeness (QED) is 0.336. The third kappa shape index (κ3) is 8.37. The molecule has 0 bridgehead atoms. The van der Waals surface area contributed by atoms with Crippen LogP contribution < -0.4 is 34.0 Å². The molecule has 0 aromatic heterocycles. The Hall–Kier alpha value is 0.634. The molecule has 2 aliphatic rings. The number of halogens is 2. The first-order chi connectivity index (χ1) is 6.61. The van der Waals surface area contributed by atoms with E-state index in [1.165, 1.54) is 22.3 Å². The van der Waals surface area contributed by atoms with Crippen molar-refractivity contribution in [1.29, 1.82) is 0 Å². The molecule has 0 N–H and O–H groups in total. The fourth-order valence-electron chi connectivity index (χ4n) is 1.30. The van der Waals surface area contributed by atoms with Crippen LogP contribution in [0.2, 0.25) is 0 Å². The van der Waals surface area contributed by atoms with Crippen molar-refractivity contribution in [3.05, 3.63) is 46.6 Å². The van der Waals surface area contributed by atoms with Gasteiger partial charge in [0.15, 0.2) is 0 Å². The molecule has 0 aromatic rings. The van der Waals surface area contributed by atoms with Crippen LogP contribution in [0.3, 0.4) is 0 Å². The van der Waals surface area contributed by atoms with Gasteiger partial charge >= 0.3 is 21.7 Å². The molecule has 2 aliphatic carbocycles. The van der Waals surface area contributed by atoms with Gasteiger partial charge in [-0.1, -0.05) is 13.8 Å². The standard InChI is InChI=1S/2C7H9.2BrH.Ti/c2*1-6-4-3-5-7(6)2;;;/h2*4H,3H2,1-2H3;2*1H;/q2*-1;;;+4/p-2. The van der Waals surface area contributed by atoms with Gasteiger partial charge in [0.05, 0.1) is 0 Å². The maximum absolute atomic E-state index is 3.19. The summed E-state index contributed by atoms with van der Waals surface area (Å²) in [6.07, 6.45) is 12.8. The fourth-order valence-corrected chi connectivity index (χ4v) is 1.30. The molecule has 2 rings (SSSR count). The van der Waals surface area contributed by atoms with E-state index in [4.69, 9.17) is 0 Å². The number of allylic oxidation sites excluding steroid dienone is 8. The van der Waals surface area contributed by atoms with E-state index < -0.39 is 0 Å². The van der Waals surface area contributed by atoms with Crippen LogP contribution in [0.1, 0.15) is 40.5 Å². The van der Waals surface area contributed by atoms with Crippen molar-refractivity contribution in [2.24, 2.45) is 0 Å². The molecule has 0 radical (unpaired) electrons. The van der Waals surface area contributed by atoms with Gasteiger partial charge in [0.25, 0.3) is 0 Å². The zero-order valence-electron chi connectivity index (χ0n) is 10.8. The van der Waals surface area contributed by atoms with Gasteiger partial charge in [-0.2, -0.15) is 12.2 Å². The average Bonchev–Trinajstić information content (AvgIpc) is 2.67. The van der Waals surface area contributed by atoms with Crippen molar-refractivity contribution in [1.82, 2.24) is 0 Å². The minimum Gasteiger partial charge on any atom is -1.00 e. The second-order valence-corrected chi connectivity index (χ2v) is 3.79. The Kier molecular flexibility index (Phi) is 15.7. The Balaban J connectivity index is -0.000000196. The maximum atomic E-state index is 3.19. The van der Waals surface area contributed by atoms with Crippen molar-refractivity contribution in [3.8, 4) is 0 Å². The molecule has 3 heteroatoms. The average molecular weight is 394 g/mol. The summed E-state index contributed by atoms with van der Waals surface area (Å²) in [4.78, 5) is 0. The van der Waals surface area contributed by atoms with Gasteiger partial charge in [-0.15, -0.1) is 26.7 Å². The first-order valence-electron chi connectivity index (χ1n) is 5.10. The van der Waals surface area contributed by atoms with Crippen molar-refractivity contribution in [3.63, 3.8) is 0 Å². The van der Waals surface area contributed by atoms with Gasteiger partial charge in [0.1, 0.15) is 0 Å². The molecule has 0 saturated carbocycles. The van der Waals surface area contributed by atoms with Crippen LogP contribution in [0.25, 0.3) is 0 Å². The minimum atomic E-state index is 0. The van der Waals surface area contributed by atoms with Crippen LogP contribution in [0.5, 0.6) is 0 Å². The molecule has 0 nitrogen and oxygen atoms in total. The Bertz CT molecular complexity index is 270. The normalized spacial score (nSPS) is 15.8. The molecule has 0 unspecified atom stereocenters. The summed E-state index contributed by atoms with van der Waals surface area (Å²) >= 11 is 0. The number of hydrogen-bond donors (Lipinski definition) is 0. The Morgan fingerprint density at radius 2 is 1.06 bits per heavy atom. The summed E-state index contributed by atoms with van der Waals surface area (Å²) < 4.78 is 0. The molecule has 0 saturated heterocycles. The zero-order chi connectivity index (χ0) is 10.6. The van der Waals surface area contributed by atoms with Gasteiger partial charge in [-0.3, -0.25) is 12.2 Å². The predicted octanol–water partition coefficient (Wildman–Crippen LogP) is -1.82. The van der Waals surface area contributed by atoms with E-state index in [9.17, 15) is 0 Å². The summed E-state index contributed by atoms with van der Waals surface area (Å²) in [7, 11) is 0. The topological polar surface area (TPSA) is 0 Å². The van der Waals surface area contributed by atoms with Crippen LogP contribution in [-0.4, -0.2) is 0 Å². The molecule has 0 amide bonds. The number of hydrogen-bond acceptors (Lipinski definition) is 0. The zero-order valence-corrected chi connectivity index (χ0v) is 15.6. The molecule has 0 aromatic carbocycles. The molecule has 0 aliphatic heterocycles. The van der Waals surface area contributed by atoms with E-state index in [2.05, 4.69) is 52.0 Å². The predicted molar refractivity (Wildman–Crippen MR) is 61.6 cm³/mol. The molecular formula is C14H18Br2Ti. The van der Waals surface area contributed by atoms with Crippen LogP contribution in [0, 0.1) is 12.2 Å². The van der Waals surface area contributed by atoms with Gasteiger partial charge in [0.2, 0.25) is 0 Å². The summed E-state index contributed by atoms with van der Waals surface area (Å²) in [5, 5.41) is 0. The van der Waals surface area contributed by atoms with E-state index in [1.54, 1.807) is 0 Å². The smallest absolute Gasteiger partial charge is 1.00 e. The molecular weight excluding hydrogens is 376 g/mol. The second-order valence-electron chi connectivity index (χ2n) is 3.79. The third-order valence-corrected chi connectivity index (χ3v) is 2.73. The van der Waals surface area contributed by atoms with Crippen molar-refractivity contribution < 1.29 is 55.7 Å². The van der Waals surface area contributed by atoms with Gasteiger partial charge in [-0.25, -0.2) is 22.3 Å². The van der Waals surface area contributed by atoms with Crippen molar-refractivity contribution >= 4 is 0 Å². The molecule has 0 fully saturated rings. The monoisotopic (exact) mass is 392 g/mol. The van der Waals surface area contributed by atoms with E-state index in [-0.39, 0.29) is 55.7 Å². The summed E-state index contributed by atoms with van der Waals surface area (Å²) in [5.74, 6) is 0. The minimum absolute atomic E-state index is 0. The molecule has 92 valence electrons. The summed E-state index contributed by atoms with van der Waals surface area (Å²) in [6.45, 7) is 8.43. The Morgan fingerprint density at radius 3 is 1.12 bits per heavy atom. The van der Waals surface area contributed by atoms with E-state index in [1.807, 2.05) is 0 Å². The van der Waals surface area contributed by atoms with E-state index >= 15 is 0 Å². The SMILES string of the molecule is CC1=[C-]CC=C1C.CC1=[C-]CC=C1C.[Br-].[Br-].[Ti+4]. The maximum Gasteiger partial charge on any atom is 4.00 e. The number of rotatable bonds is 0. The van der Waals surface area contributed by atoms with Crippen molar-refractivity contribution in [2.75, 3.05) is 0 Å². The van der Waals surface area contributed by atoms with Crippen molar-refractivity contribution in [2.45, 2.75) is 40.5 Å². The van der Waals surface area contributed by atoms with Gasteiger partial charge in [0, 0.05) is 0 Å². The van der Waals surface area contributed by atoms with Crippen LogP contribution in [0.15, 0.2) is 34.4 Å². The first kappa shape index (κ1) is 22.8. The molecule has 0 atom stereocenters. The van der Waals surface area contributed by atoms with Gasteiger partial charge in [-0.05, 0) is 0 Å². The third-order valence-electron chi connectivity index (χ3n) is 2.73. The summed E-state index contributed by atoms with van der Waals surface area (Å²) in [6, 6.07) is 0. The largest absolute Gasteiger partial charge is 4.00 e. The molecule has 0 spiro atoms. The van der Waals surface area contributed by atoms with Crippen LogP contribution >= 0.6 is 0 Å². The molecule has 17 heavy (non-hydrogen) atoms. The fraction of sp³-hybridized carbons (Fsp3) is 0.429. The Labute approximate surface area is 142 Å².